The van der Waals surface area contributed by atoms with Crippen LogP contribution in [-0.2, 0) is 6.42 Å². The van der Waals surface area contributed by atoms with E-state index in [0.29, 0.717) is 0 Å². The molecule has 72 valence electrons. The van der Waals surface area contributed by atoms with Gasteiger partial charge in [-0.05, 0) is 42.5 Å². The van der Waals surface area contributed by atoms with Crippen molar-refractivity contribution in [1.82, 2.24) is 0 Å². The molecule has 0 aliphatic carbocycles. The molecule has 0 saturated heterocycles. The van der Waals surface area contributed by atoms with Gasteiger partial charge in [0.1, 0.15) is 0 Å². The van der Waals surface area contributed by atoms with Crippen LogP contribution in [0.5, 0.6) is 0 Å². The van der Waals surface area contributed by atoms with E-state index >= 15 is 0 Å². The van der Waals surface area contributed by atoms with E-state index in [9.17, 15) is 0 Å². The average Bonchev–Trinajstić information content (AvgIpc) is 2.16. The molecule has 1 nitrogen and oxygen atoms in total. The highest BCUT2D eigenvalue weighted by Gasteiger charge is 1.99. The van der Waals surface area contributed by atoms with E-state index in [4.69, 9.17) is 5.73 Å². The van der Waals surface area contributed by atoms with Crippen LogP contribution in [0.25, 0.3) is 0 Å². The van der Waals surface area contributed by atoms with Crippen molar-refractivity contribution >= 4 is 30.1 Å². The van der Waals surface area contributed by atoms with Gasteiger partial charge >= 0.3 is 0 Å². The van der Waals surface area contributed by atoms with Gasteiger partial charge < -0.3 is 5.73 Å². The molecular weight excluding hydrogens is 198 g/mol. The van der Waals surface area contributed by atoms with Crippen molar-refractivity contribution in [2.24, 2.45) is 0 Å². The van der Waals surface area contributed by atoms with Crippen molar-refractivity contribution in [1.29, 1.82) is 0 Å². The fraction of sp³-hybridized carbons (Fsp3) is 0.400. The van der Waals surface area contributed by atoms with E-state index in [2.05, 4.69) is 24.8 Å². The Morgan fingerprint density at radius 1 is 1.46 bits per heavy atom. The van der Waals surface area contributed by atoms with Gasteiger partial charge in [0.15, 0.2) is 0 Å². The summed E-state index contributed by atoms with van der Waals surface area (Å²) in [6.07, 6.45) is 4.27. The Morgan fingerprint density at radius 3 is 2.85 bits per heavy atom. The molecule has 0 spiro atoms. The molecule has 0 fully saturated rings. The lowest BCUT2D eigenvalue weighted by Crippen LogP contribution is -1.91. The fourth-order valence-electron chi connectivity index (χ4n) is 1.19. The summed E-state index contributed by atoms with van der Waals surface area (Å²) >= 11 is 5.89. The van der Waals surface area contributed by atoms with E-state index < -0.39 is 0 Å². The first-order valence-electron chi connectivity index (χ1n) is 4.31. The second-order valence-corrected chi connectivity index (χ2v) is 4.20. The number of thiol groups is 1. The largest absolute Gasteiger partial charge is 0.398 e. The van der Waals surface area contributed by atoms with Crippen LogP contribution >= 0.6 is 24.4 Å². The zero-order valence-electron chi connectivity index (χ0n) is 7.79. The maximum Gasteiger partial charge on any atom is 0.0452 e. The quantitative estimate of drug-likeness (QED) is 0.457. The second-order valence-electron chi connectivity index (χ2n) is 2.90. The summed E-state index contributed by atoms with van der Waals surface area (Å²) < 4.78 is 0. The maximum atomic E-state index is 5.79. The molecule has 1 aromatic carbocycles. The third kappa shape index (κ3) is 3.16. The molecule has 0 unspecified atom stereocenters. The van der Waals surface area contributed by atoms with Crippen LogP contribution in [0.1, 0.15) is 12.0 Å². The Morgan fingerprint density at radius 2 is 2.23 bits per heavy atom. The molecule has 0 saturated carbocycles. The Bertz CT molecular complexity index is 274. The average molecular weight is 213 g/mol. The molecule has 0 heterocycles. The van der Waals surface area contributed by atoms with E-state index in [1.165, 1.54) is 10.5 Å². The minimum absolute atomic E-state index is 0.877. The van der Waals surface area contributed by atoms with Crippen LogP contribution in [-0.4, -0.2) is 12.0 Å². The first kappa shape index (κ1) is 10.8. The molecule has 3 heteroatoms. The first-order chi connectivity index (χ1) is 6.27. The summed E-state index contributed by atoms with van der Waals surface area (Å²) in [6, 6.07) is 6.25. The third-order valence-corrected chi connectivity index (χ3v) is 3.03. The highest BCUT2D eigenvalue weighted by Crippen LogP contribution is 2.24. The molecular formula is C10H15NS2. The lowest BCUT2D eigenvalue weighted by molar-refractivity contribution is 0.932. The molecule has 1 rings (SSSR count). The minimum atomic E-state index is 0.877. The van der Waals surface area contributed by atoms with E-state index in [-0.39, 0.29) is 0 Å². The van der Waals surface area contributed by atoms with Gasteiger partial charge in [0.25, 0.3) is 0 Å². The zero-order valence-corrected chi connectivity index (χ0v) is 9.50. The van der Waals surface area contributed by atoms with Crippen molar-refractivity contribution in [2.45, 2.75) is 17.7 Å². The summed E-state index contributed by atoms with van der Waals surface area (Å²) in [5.41, 5.74) is 8.02. The third-order valence-electron chi connectivity index (χ3n) is 1.92. The number of anilines is 1. The summed E-state index contributed by atoms with van der Waals surface area (Å²) in [6.45, 7) is 0. The Kier molecular flexibility index (Phi) is 4.53. The fourth-order valence-corrected chi connectivity index (χ4v) is 1.93. The molecule has 2 N–H and O–H groups in total. The molecule has 13 heavy (non-hydrogen) atoms. The van der Waals surface area contributed by atoms with Gasteiger partial charge in [0.2, 0.25) is 0 Å². The normalized spacial score (nSPS) is 10.3. The van der Waals surface area contributed by atoms with Crippen molar-refractivity contribution in [3.63, 3.8) is 0 Å². The molecule has 1 aromatic rings. The second kappa shape index (κ2) is 5.45. The zero-order chi connectivity index (χ0) is 9.68. The molecule has 0 aliphatic heterocycles. The number of nitrogens with two attached hydrogens (primary N) is 1. The Hall–Kier alpha value is -0.280. The summed E-state index contributed by atoms with van der Waals surface area (Å²) in [4.78, 5) is 1.18. The number of hydrogen-bond acceptors (Lipinski definition) is 3. The van der Waals surface area contributed by atoms with E-state index in [0.717, 1.165) is 24.3 Å². The maximum absolute atomic E-state index is 5.79. The van der Waals surface area contributed by atoms with Crippen molar-refractivity contribution in [3.05, 3.63) is 23.8 Å². The molecule has 0 radical (unpaired) electrons. The monoisotopic (exact) mass is 213 g/mol. The lowest BCUT2D eigenvalue weighted by Gasteiger charge is -2.05. The lowest BCUT2D eigenvalue weighted by atomic mass is 10.1. The van der Waals surface area contributed by atoms with Gasteiger partial charge in [0, 0.05) is 10.6 Å². The standard InChI is InChI=1S/C10H15NS2/c1-13-10-7-8(3-2-6-12)4-5-9(10)11/h4-5,7,12H,2-3,6,11H2,1H3. The van der Waals surface area contributed by atoms with Crippen molar-refractivity contribution in [2.75, 3.05) is 17.7 Å². The van der Waals surface area contributed by atoms with E-state index in [1.807, 2.05) is 12.3 Å². The Balaban J connectivity index is 2.74. The molecule has 0 bridgehead atoms. The topological polar surface area (TPSA) is 26.0 Å². The number of hydrogen-bond donors (Lipinski definition) is 2. The van der Waals surface area contributed by atoms with Crippen LogP contribution in [0.2, 0.25) is 0 Å². The van der Waals surface area contributed by atoms with Gasteiger partial charge in [-0.3, -0.25) is 0 Å². The van der Waals surface area contributed by atoms with Crippen LogP contribution in [0.15, 0.2) is 23.1 Å². The number of rotatable bonds is 4. The van der Waals surface area contributed by atoms with E-state index in [1.54, 1.807) is 11.8 Å². The van der Waals surface area contributed by atoms with Gasteiger partial charge in [-0.1, -0.05) is 6.07 Å². The number of aryl methyl sites for hydroxylation is 1. The predicted molar refractivity (Wildman–Crippen MR) is 64.8 cm³/mol. The van der Waals surface area contributed by atoms with Crippen LogP contribution in [0.4, 0.5) is 5.69 Å². The first-order valence-corrected chi connectivity index (χ1v) is 6.17. The number of thioether (sulfide) groups is 1. The minimum Gasteiger partial charge on any atom is -0.398 e. The highest BCUT2D eigenvalue weighted by molar-refractivity contribution is 7.98. The molecule has 0 aromatic heterocycles. The van der Waals surface area contributed by atoms with Crippen LogP contribution < -0.4 is 5.73 Å². The van der Waals surface area contributed by atoms with Crippen molar-refractivity contribution in [3.8, 4) is 0 Å². The SMILES string of the molecule is CSc1cc(CCCS)ccc1N. The molecule has 0 atom stereocenters. The summed E-state index contributed by atoms with van der Waals surface area (Å²) in [7, 11) is 0. The summed E-state index contributed by atoms with van der Waals surface area (Å²) in [5.74, 6) is 0.943. The van der Waals surface area contributed by atoms with Gasteiger partial charge in [-0.15, -0.1) is 11.8 Å². The summed E-state index contributed by atoms with van der Waals surface area (Å²) in [5, 5.41) is 0. The smallest absolute Gasteiger partial charge is 0.0452 e. The van der Waals surface area contributed by atoms with Gasteiger partial charge in [-0.25, -0.2) is 0 Å². The molecule has 0 amide bonds. The molecule has 0 aliphatic rings. The van der Waals surface area contributed by atoms with Crippen LogP contribution in [0, 0.1) is 0 Å². The van der Waals surface area contributed by atoms with Crippen molar-refractivity contribution < 1.29 is 0 Å². The number of nitrogen functional groups attached to an aromatic ring is 1. The predicted octanol–water partition coefficient (Wildman–Crippen LogP) is 2.85. The van der Waals surface area contributed by atoms with Crippen LogP contribution in [0.3, 0.4) is 0 Å². The van der Waals surface area contributed by atoms with Gasteiger partial charge in [-0.2, -0.15) is 12.6 Å². The highest BCUT2D eigenvalue weighted by atomic mass is 32.2. The van der Waals surface area contributed by atoms with Gasteiger partial charge in [0.05, 0.1) is 0 Å². The Labute approximate surface area is 89.5 Å². The number of benzene rings is 1.